The SMILES string of the molecule is C=CCOc1ccc(C(=O)NNC(=S)NC(=O)c2ccc(OCCC(C)C)c(Br)c2)cc1. The lowest BCUT2D eigenvalue weighted by molar-refractivity contribution is 0.0934. The summed E-state index contributed by atoms with van der Waals surface area (Å²) in [5, 5.41) is 2.48. The molecule has 2 aromatic rings. The van der Waals surface area contributed by atoms with E-state index in [9.17, 15) is 9.59 Å². The average molecular weight is 520 g/mol. The van der Waals surface area contributed by atoms with Gasteiger partial charge in [-0.1, -0.05) is 26.5 Å². The van der Waals surface area contributed by atoms with Crippen molar-refractivity contribution < 1.29 is 19.1 Å². The summed E-state index contributed by atoms with van der Waals surface area (Å²) in [6.07, 6.45) is 2.57. The number of thiocarbonyl (C=S) groups is 1. The van der Waals surface area contributed by atoms with Gasteiger partial charge in [0.1, 0.15) is 18.1 Å². The summed E-state index contributed by atoms with van der Waals surface area (Å²) in [5.74, 6) is 0.997. The summed E-state index contributed by atoms with van der Waals surface area (Å²) in [6.45, 7) is 8.81. The molecule has 2 rings (SSSR count). The highest BCUT2D eigenvalue weighted by Gasteiger charge is 2.12. The van der Waals surface area contributed by atoms with Crippen molar-refractivity contribution in [3.8, 4) is 11.5 Å². The second-order valence-electron chi connectivity index (χ2n) is 7.16. The van der Waals surface area contributed by atoms with Gasteiger partial charge in [-0.15, -0.1) is 0 Å². The van der Waals surface area contributed by atoms with Gasteiger partial charge in [0, 0.05) is 11.1 Å². The van der Waals surface area contributed by atoms with Crippen molar-refractivity contribution in [2.75, 3.05) is 13.2 Å². The first kappa shape index (κ1) is 25.4. The maximum Gasteiger partial charge on any atom is 0.269 e. The van der Waals surface area contributed by atoms with Gasteiger partial charge in [0.15, 0.2) is 5.11 Å². The van der Waals surface area contributed by atoms with Gasteiger partial charge in [0.05, 0.1) is 11.1 Å². The first-order valence-corrected chi connectivity index (χ1v) is 11.2. The number of carbonyl (C=O) groups excluding carboxylic acids is 2. The Hall–Kier alpha value is -2.91. The van der Waals surface area contributed by atoms with Crippen LogP contribution in [0.3, 0.4) is 0 Å². The molecular formula is C23H26BrN3O4S. The van der Waals surface area contributed by atoms with E-state index in [0.717, 1.165) is 6.42 Å². The van der Waals surface area contributed by atoms with Crippen LogP contribution in [0.2, 0.25) is 0 Å². The van der Waals surface area contributed by atoms with Gasteiger partial charge in [-0.05, 0) is 83.0 Å². The molecule has 0 fully saturated rings. The molecular weight excluding hydrogens is 494 g/mol. The predicted molar refractivity (Wildman–Crippen MR) is 132 cm³/mol. The summed E-state index contributed by atoms with van der Waals surface area (Å²) in [7, 11) is 0. The highest BCUT2D eigenvalue weighted by molar-refractivity contribution is 9.10. The average Bonchev–Trinajstić information content (AvgIpc) is 2.77. The van der Waals surface area contributed by atoms with Crippen LogP contribution in [0, 0.1) is 5.92 Å². The van der Waals surface area contributed by atoms with Gasteiger partial charge in [-0.3, -0.25) is 25.8 Å². The van der Waals surface area contributed by atoms with Crippen molar-refractivity contribution in [3.05, 3.63) is 70.7 Å². The van der Waals surface area contributed by atoms with Gasteiger partial charge in [-0.25, -0.2) is 0 Å². The number of hydrogen-bond acceptors (Lipinski definition) is 5. The van der Waals surface area contributed by atoms with Crippen LogP contribution >= 0.6 is 28.1 Å². The Morgan fingerprint density at radius 3 is 2.38 bits per heavy atom. The van der Waals surface area contributed by atoms with Gasteiger partial charge >= 0.3 is 0 Å². The normalized spacial score (nSPS) is 10.2. The van der Waals surface area contributed by atoms with Gasteiger partial charge in [-0.2, -0.15) is 0 Å². The number of amides is 2. The zero-order valence-electron chi connectivity index (χ0n) is 17.9. The Labute approximate surface area is 201 Å². The number of rotatable bonds is 9. The smallest absolute Gasteiger partial charge is 0.269 e. The number of nitrogens with one attached hydrogen (secondary N) is 3. The third-order valence-electron chi connectivity index (χ3n) is 4.15. The minimum absolute atomic E-state index is 0.0392. The Bertz CT molecular complexity index is 964. The van der Waals surface area contributed by atoms with Crippen molar-refractivity contribution in [3.63, 3.8) is 0 Å². The van der Waals surface area contributed by atoms with Crippen LogP contribution in [0.5, 0.6) is 11.5 Å². The van der Waals surface area contributed by atoms with Gasteiger partial charge in [0.25, 0.3) is 11.8 Å². The maximum absolute atomic E-state index is 12.4. The second kappa shape index (κ2) is 12.8. The largest absolute Gasteiger partial charge is 0.492 e. The number of hydrazine groups is 1. The molecule has 0 heterocycles. The molecule has 0 saturated carbocycles. The summed E-state index contributed by atoms with van der Waals surface area (Å²) < 4.78 is 11.8. The third kappa shape index (κ3) is 8.32. The van der Waals surface area contributed by atoms with E-state index in [1.54, 1.807) is 48.5 Å². The molecule has 170 valence electrons. The van der Waals surface area contributed by atoms with Gasteiger partial charge in [0.2, 0.25) is 0 Å². The van der Waals surface area contributed by atoms with Gasteiger partial charge < -0.3 is 9.47 Å². The quantitative estimate of drug-likeness (QED) is 0.258. The van der Waals surface area contributed by atoms with Crippen LogP contribution in [-0.4, -0.2) is 30.1 Å². The number of hydrogen-bond donors (Lipinski definition) is 3. The first-order chi connectivity index (χ1) is 15.3. The highest BCUT2D eigenvalue weighted by atomic mass is 79.9. The van der Waals surface area contributed by atoms with E-state index in [1.165, 1.54) is 0 Å². The number of halogens is 1. The minimum atomic E-state index is -0.421. The maximum atomic E-state index is 12.4. The van der Waals surface area contributed by atoms with Crippen LogP contribution in [-0.2, 0) is 0 Å². The van der Waals surface area contributed by atoms with Crippen molar-refractivity contribution in [2.45, 2.75) is 20.3 Å². The fourth-order valence-corrected chi connectivity index (χ4v) is 3.05. The van der Waals surface area contributed by atoms with E-state index in [2.05, 4.69) is 52.5 Å². The molecule has 0 bridgehead atoms. The topological polar surface area (TPSA) is 88.7 Å². The van der Waals surface area contributed by atoms with Crippen molar-refractivity contribution in [1.29, 1.82) is 0 Å². The molecule has 7 nitrogen and oxygen atoms in total. The zero-order valence-corrected chi connectivity index (χ0v) is 20.3. The molecule has 32 heavy (non-hydrogen) atoms. The molecule has 0 radical (unpaired) electrons. The van der Waals surface area contributed by atoms with Crippen LogP contribution < -0.4 is 25.6 Å². The molecule has 0 saturated heterocycles. The zero-order chi connectivity index (χ0) is 23.5. The van der Waals surface area contributed by atoms with E-state index in [4.69, 9.17) is 21.7 Å². The molecule has 0 unspecified atom stereocenters. The number of carbonyl (C=O) groups is 2. The molecule has 3 N–H and O–H groups in total. The van der Waals surface area contributed by atoms with Crippen molar-refractivity contribution in [2.24, 2.45) is 5.92 Å². The summed E-state index contributed by atoms with van der Waals surface area (Å²) in [6, 6.07) is 11.6. The van der Waals surface area contributed by atoms with Crippen LogP contribution in [0.1, 0.15) is 41.0 Å². The fraction of sp³-hybridized carbons (Fsp3) is 0.261. The Balaban J connectivity index is 1.83. The van der Waals surface area contributed by atoms with E-state index in [-0.39, 0.29) is 5.11 Å². The Morgan fingerprint density at radius 1 is 1.06 bits per heavy atom. The monoisotopic (exact) mass is 519 g/mol. The van der Waals surface area contributed by atoms with E-state index in [0.29, 0.717) is 46.2 Å². The Kier molecular flexibility index (Phi) is 10.2. The van der Waals surface area contributed by atoms with E-state index in [1.807, 2.05) is 0 Å². The molecule has 0 aliphatic heterocycles. The molecule has 0 aliphatic rings. The van der Waals surface area contributed by atoms with Crippen LogP contribution in [0.15, 0.2) is 59.6 Å². The molecule has 0 spiro atoms. The third-order valence-corrected chi connectivity index (χ3v) is 4.97. The highest BCUT2D eigenvalue weighted by Crippen LogP contribution is 2.26. The standard InChI is InChI=1S/C23H26BrN3O4S/c1-4-12-30-18-8-5-16(6-9-18)22(29)26-27-23(32)25-21(28)17-7-10-20(19(24)14-17)31-13-11-15(2)3/h4-10,14-15H,1,11-13H2,2-3H3,(H,26,29)(H2,25,27,28,32). The molecule has 0 aromatic heterocycles. The van der Waals surface area contributed by atoms with Crippen molar-refractivity contribution >= 4 is 45.1 Å². The molecule has 0 atom stereocenters. The number of ether oxygens (including phenoxy) is 2. The molecule has 9 heteroatoms. The van der Waals surface area contributed by atoms with E-state index < -0.39 is 11.8 Å². The summed E-state index contributed by atoms with van der Waals surface area (Å²) in [4.78, 5) is 24.6. The summed E-state index contributed by atoms with van der Waals surface area (Å²) >= 11 is 8.50. The lowest BCUT2D eigenvalue weighted by atomic mass is 10.1. The second-order valence-corrected chi connectivity index (χ2v) is 8.43. The first-order valence-electron chi connectivity index (χ1n) is 9.98. The van der Waals surface area contributed by atoms with Crippen LogP contribution in [0.25, 0.3) is 0 Å². The van der Waals surface area contributed by atoms with Crippen LogP contribution in [0.4, 0.5) is 0 Å². The fourth-order valence-electron chi connectivity index (χ4n) is 2.41. The van der Waals surface area contributed by atoms with Crippen molar-refractivity contribution in [1.82, 2.24) is 16.2 Å². The van der Waals surface area contributed by atoms with E-state index >= 15 is 0 Å². The molecule has 0 aliphatic carbocycles. The molecule has 2 amide bonds. The summed E-state index contributed by atoms with van der Waals surface area (Å²) in [5.41, 5.74) is 5.74. The number of benzene rings is 2. The predicted octanol–water partition coefficient (Wildman–Crippen LogP) is 4.39. The Morgan fingerprint density at radius 2 is 1.75 bits per heavy atom. The minimum Gasteiger partial charge on any atom is -0.492 e. The lowest BCUT2D eigenvalue weighted by Gasteiger charge is -2.13. The molecule has 2 aromatic carbocycles. The lowest BCUT2D eigenvalue weighted by Crippen LogP contribution is -2.48.